The van der Waals surface area contributed by atoms with Gasteiger partial charge in [0.2, 0.25) is 0 Å². The van der Waals surface area contributed by atoms with Crippen molar-refractivity contribution in [1.29, 1.82) is 0 Å². The van der Waals surface area contributed by atoms with Gasteiger partial charge in [0.25, 0.3) is 0 Å². The zero-order valence-corrected chi connectivity index (χ0v) is 18.4. The van der Waals surface area contributed by atoms with Crippen LogP contribution in [0.1, 0.15) is 30.6 Å². The van der Waals surface area contributed by atoms with Gasteiger partial charge in [-0.3, -0.25) is 0 Å². The lowest BCUT2D eigenvalue weighted by atomic mass is 9.90. The van der Waals surface area contributed by atoms with E-state index >= 15 is 0 Å². The van der Waals surface area contributed by atoms with E-state index in [1.165, 1.54) is 0 Å². The minimum atomic E-state index is -0.683. The van der Waals surface area contributed by atoms with Crippen LogP contribution in [-0.4, -0.2) is 10.1 Å². The predicted octanol–water partition coefficient (Wildman–Crippen LogP) is 6.08. The molecule has 2 fully saturated rings. The Labute approximate surface area is 188 Å². The van der Waals surface area contributed by atoms with Crippen LogP contribution in [0.25, 0.3) is 22.1 Å². The second-order valence-electron chi connectivity index (χ2n) is 8.47. The van der Waals surface area contributed by atoms with Gasteiger partial charge >= 0.3 is 5.63 Å². The van der Waals surface area contributed by atoms with Gasteiger partial charge in [-0.25, -0.2) is 9.78 Å². The van der Waals surface area contributed by atoms with E-state index in [-0.39, 0.29) is 5.63 Å². The van der Waals surface area contributed by atoms with Crippen LogP contribution >= 0.6 is 23.1 Å². The van der Waals surface area contributed by atoms with Crippen LogP contribution in [-0.2, 0) is 5.60 Å². The Morgan fingerprint density at radius 3 is 2.48 bits per heavy atom. The van der Waals surface area contributed by atoms with E-state index in [1.807, 2.05) is 54.7 Å². The van der Waals surface area contributed by atoms with Crippen molar-refractivity contribution in [1.82, 2.24) is 4.98 Å². The van der Waals surface area contributed by atoms with E-state index in [4.69, 9.17) is 4.42 Å². The lowest BCUT2D eigenvalue weighted by Gasteiger charge is -2.26. The fourth-order valence-electron chi connectivity index (χ4n) is 4.44. The summed E-state index contributed by atoms with van der Waals surface area (Å²) in [7, 11) is 0. The first kappa shape index (κ1) is 19.3. The summed E-state index contributed by atoms with van der Waals surface area (Å²) >= 11 is 3.13. The molecule has 0 amide bonds. The highest BCUT2D eigenvalue weighted by Gasteiger charge is 2.55. The summed E-state index contributed by atoms with van der Waals surface area (Å²) in [5.41, 5.74) is 1.39. The Balaban J connectivity index is 1.32. The van der Waals surface area contributed by atoms with E-state index in [1.54, 1.807) is 29.2 Å². The predicted molar refractivity (Wildman–Crippen MR) is 124 cm³/mol. The highest BCUT2D eigenvalue weighted by Crippen LogP contribution is 2.58. The third-order valence-corrected chi connectivity index (χ3v) is 8.49. The Hall–Kier alpha value is -2.41. The molecule has 2 heterocycles. The highest BCUT2D eigenvalue weighted by molar-refractivity contribution is 8.01. The normalized spacial score (nSPS) is 16.7. The zero-order valence-electron chi connectivity index (χ0n) is 16.8. The third-order valence-electron chi connectivity index (χ3n) is 6.28. The summed E-state index contributed by atoms with van der Waals surface area (Å²) in [6, 6.07) is 17.4. The number of aromatic nitrogens is 1. The summed E-state index contributed by atoms with van der Waals surface area (Å²) in [6.07, 6.45) is 6.31. The number of nitrogens with zero attached hydrogens (tertiary/aromatic N) is 1. The van der Waals surface area contributed by atoms with Crippen molar-refractivity contribution >= 4 is 34.1 Å². The van der Waals surface area contributed by atoms with Crippen molar-refractivity contribution in [2.45, 2.75) is 40.5 Å². The Morgan fingerprint density at radius 2 is 1.77 bits per heavy atom. The molecule has 0 unspecified atom stereocenters. The summed E-state index contributed by atoms with van der Waals surface area (Å²) in [5, 5.41) is 12.3. The van der Waals surface area contributed by atoms with E-state index in [0.717, 1.165) is 56.3 Å². The van der Waals surface area contributed by atoms with Crippen molar-refractivity contribution in [2.75, 3.05) is 0 Å². The molecule has 0 bridgehead atoms. The van der Waals surface area contributed by atoms with E-state index in [0.29, 0.717) is 17.4 Å². The Kier molecular flexibility index (Phi) is 4.56. The maximum atomic E-state index is 12.2. The molecule has 31 heavy (non-hydrogen) atoms. The van der Waals surface area contributed by atoms with Gasteiger partial charge < -0.3 is 9.52 Å². The second kappa shape index (κ2) is 7.33. The molecule has 0 radical (unpaired) electrons. The van der Waals surface area contributed by atoms with Crippen LogP contribution in [0.15, 0.2) is 79.2 Å². The van der Waals surface area contributed by atoms with E-state index in [9.17, 15) is 9.90 Å². The lowest BCUT2D eigenvalue weighted by molar-refractivity contribution is -0.00681. The fourth-order valence-corrected chi connectivity index (χ4v) is 6.67. The first-order chi connectivity index (χ1) is 15.1. The Morgan fingerprint density at radius 1 is 1.03 bits per heavy atom. The second-order valence-corrected chi connectivity index (χ2v) is 10.8. The maximum Gasteiger partial charge on any atom is 0.336 e. The number of hydrogen-bond acceptors (Lipinski definition) is 6. The van der Waals surface area contributed by atoms with Gasteiger partial charge in [-0.05, 0) is 66.8 Å². The van der Waals surface area contributed by atoms with Crippen molar-refractivity contribution in [3.63, 3.8) is 0 Å². The summed E-state index contributed by atoms with van der Waals surface area (Å²) < 4.78 is 6.41. The lowest BCUT2D eigenvalue weighted by Crippen LogP contribution is -2.29. The van der Waals surface area contributed by atoms with Crippen LogP contribution in [0.3, 0.4) is 0 Å². The average Bonchev–Trinajstić information content (AvgIpc) is 3.71. The van der Waals surface area contributed by atoms with Gasteiger partial charge in [0.1, 0.15) is 11.2 Å². The molecule has 4 aromatic rings. The molecule has 0 aliphatic heterocycles. The van der Waals surface area contributed by atoms with Crippen molar-refractivity contribution in [3.8, 4) is 11.1 Å². The topological polar surface area (TPSA) is 63.3 Å². The number of benzene rings is 2. The van der Waals surface area contributed by atoms with Crippen LogP contribution in [0.2, 0.25) is 0 Å². The molecule has 6 heteroatoms. The standard InChI is InChI=1S/C25H21NO3S2/c27-23-13-20(15-4-2-1-3-5-15)19-11-10-18(12-21(19)29-23)30-24-26-14-22(31-24)25(28,16-6-7-16)17-8-9-17/h1-5,10-14,16-17,28H,6-9H2. The summed E-state index contributed by atoms with van der Waals surface area (Å²) in [6.45, 7) is 0. The van der Waals surface area contributed by atoms with Gasteiger partial charge in [0.05, 0.1) is 4.88 Å². The molecule has 0 spiro atoms. The first-order valence-corrected chi connectivity index (χ1v) is 12.2. The summed E-state index contributed by atoms with van der Waals surface area (Å²) in [5.74, 6) is 0.786. The largest absolute Gasteiger partial charge is 0.423 e. The van der Waals surface area contributed by atoms with E-state index < -0.39 is 5.60 Å². The maximum absolute atomic E-state index is 12.2. The number of aliphatic hydroxyl groups is 1. The summed E-state index contributed by atoms with van der Waals surface area (Å²) in [4.78, 5) is 18.7. The SMILES string of the molecule is O=c1cc(-c2ccccc2)c2ccc(Sc3ncc(C(O)(C4CC4)C4CC4)s3)cc2o1. The zero-order chi connectivity index (χ0) is 21.0. The van der Waals surface area contributed by atoms with Gasteiger partial charge in [0, 0.05) is 22.5 Å². The first-order valence-electron chi connectivity index (χ1n) is 10.6. The van der Waals surface area contributed by atoms with Gasteiger partial charge in [-0.1, -0.05) is 42.1 Å². The highest BCUT2D eigenvalue weighted by atomic mass is 32.2. The molecule has 6 rings (SSSR count). The minimum Gasteiger partial charge on any atom is -0.423 e. The Bertz CT molecular complexity index is 1310. The van der Waals surface area contributed by atoms with Crippen LogP contribution < -0.4 is 5.63 Å². The molecule has 2 aliphatic carbocycles. The number of thiazole rings is 1. The number of fused-ring (bicyclic) bond motifs is 1. The monoisotopic (exact) mass is 447 g/mol. The number of hydrogen-bond donors (Lipinski definition) is 1. The van der Waals surface area contributed by atoms with Crippen molar-refractivity contribution < 1.29 is 9.52 Å². The molecular weight excluding hydrogens is 426 g/mol. The molecular formula is C25H21NO3S2. The van der Waals surface area contributed by atoms with Crippen LogP contribution in [0, 0.1) is 11.8 Å². The molecule has 2 aromatic carbocycles. The number of rotatable bonds is 6. The fraction of sp³-hybridized carbons (Fsp3) is 0.280. The van der Waals surface area contributed by atoms with Crippen molar-refractivity contribution in [3.05, 3.63) is 76.1 Å². The minimum absolute atomic E-state index is 0.357. The third kappa shape index (κ3) is 3.53. The van der Waals surface area contributed by atoms with E-state index in [2.05, 4.69) is 4.98 Å². The van der Waals surface area contributed by atoms with Crippen molar-refractivity contribution in [2.24, 2.45) is 11.8 Å². The van der Waals surface area contributed by atoms with Gasteiger partial charge in [-0.15, -0.1) is 11.3 Å². The molecule has 0 atom stereocenters. The molecule has 2 aliphatic rings. The molecule has 156 valence electrons. The molecule has 1 N–H and O–H groups in total. The smallest absolute Gasteiger partial charge is 0.336 e. The van der Waals surface area contributed by atoms with Gasteiger partial charge in [0.15, 0.2) is 4.34 Å². The van der Waals surface area contributed by atoms with Crippen LogP contribution in [0.5, 0.6) is 0 Å². The van der Waals surface area contributed by atoms with Gasteiger partial charge in [-0.2, -0.15) is 0 Å². The molecule has 2 aromatic heterocycles. The van der Waals surface area contributed by atoms with Crippen LogP contribution in [0.4, 0.5) is 0 Å². The average molecular weight is 448 g/mol. The molecule has 4 nitrogen and oxygen atoms in total. The molecule has 2 saturated carbocycles. The molecule has 0 saturated heterocycles. The quantitative estimate of drug-likeness (QED) is 0.363.